The van der Waals surface area contributed by atoms with Crippen LogP contribution in [0.1, 0.15) is 17.3 Å². The maximum absolute atomic E-state index is 11.3. The zero-order valence-electron chi connectivity index (χ0n) is 11.7. The maximum Gasteiger partial charge on any atom is 0.287 e. The Kier molecular flexibility index (Phi) is 3.13. The van der Waals surface area contributed by atoms with Gasteiger partial charge in [0, 0.05) is 11.6 Å². The van der Waals surface area contributed by atoms with Gasteiger partial charge in [-0.2, -0.15) is 10.1 Å². The van der Waals surface area contributed by atoms with Gasteiger partial charge < -0.3 is 5.32 Å². The highest BCUT2D eigenvalue weighted by Crippen LogP contribution is 2.28. The average Bonchev–Trinajstić information content (AvgIpc) is 2.91. The van der Waals surface area contributed by atoms with Crippen LogP contribution >= 0.6 is 0 Å². The Morgan fingerprint density at radius 2 is 2.38 bits per heavy atom. The topological polar surface area (TPSA) is 89.8 Å². The molecule has 2 aromatic heterocycles. The largest absolute Gasteiger partial charge is 0.325 e. The highest BCUT2D eigenvalue weighted by atomic mass is 16.6. The highest BCUT2D eigenvalue weighted by Gasteiger charge is 2.35. The summed E-state index contributed by atoms with van der Waals surface area (Å²) >= 11 is 0. The summed E-state index contributed by atoms with van der Waals surface area (Å²) in [5.74, 6) is 0.516. The average molecular weight is 287 g/mol. The number of hydrogen-bond donors (Lipinski definition) is 1. The van der Waals surface area contributed by atoms with Crippen LogP contribution in [0.2, 0.25) is 0 Å². The molecule has 2 aromatic rings. The van der Waals surface area contributed by atoms with E-state index < -0.39 is 6.04 Å². The molecule has 0 bridgehead atoms. The summed E-state index contributed by atoms with van der Waals surface area (Å²) in [5.41, 5.74) is 2.19. The van der Waals surface area contributed by atoms with Crippen molar-refractivity contribution in [3.8, 4) is 0 Å². The van der Waals surface area contributed by atoms with Crippen LogP contribution in [0.15, 0.2) is 36.6 Å². The van der Waals surface area contributed by atoms with Gasteiger partial charge in [-0.05, 0) is 13.0 Å². The van der Waals surface area contributed by atoms with Crippen LogP contribution in [0, 0.1) is 17.0 Å². The van der Waals surface area contributed by atoms with E-state index >= 15 is 0 Å². The molecule has 0 aromatic carbocycles. The lowest BCUT2D eigenvalue weighted by Gasteiger charge is -2.20. The minimum atomic E-state index is -0.481. The van der Waals surface area contributed by atoms with Crippen molar-refractivity contribution in [2.75, 3.05) is 5.32 Å². The second kappa shape index (κ2) is 4.97. The number of nitrogens with zero attached hydrogens (tertiary/aromatic N) is 5. The van der Waals surface area contributed by atoms with Crippen molar-refractivity contribution in [2.24, 2.45) is 7.05 Å². The number of aromatic nitrogens is 4. The summed E-state index contributed by atoms with van der Waals surface area (Å²) in [5, 5.41) is 18.2. The predicted octanol–water partition coefficient (Wildman–Crippen LogP) is 0.738. The van der Waals surface area contributed by atoms with Crippen LogP contribution in [0.5, 0.6) is 0 Å². The number of pyridine rings is 1. The van der Waals surface area contributed by atoms with Gasteiger partial charge >= 0.3 is 0 Å². The molecule has 0 fully saturated rings. The Morgan fingerprint density at radius 3 is 3.10 bits per heavy atom. The van der Waals surface area contributed by atoms with E-state index in [1.807, 2.05) is 36.9 Å². The van der Waals surface area contributed by atoms with Gasteiger partial charge in [-0.15, -0.1) is 0 Å². The molecule has 1 aliphatic rings. The van der Waals surface area contributed by atoms with Crippen LogP contribution in [-0.4, -0.2) is 19.7 Å². The van der Waals surface area contributed by atoms with E-state index in [9.17, 15) is 10.1 Å². The van der Waals surface area contributed by atoms with Gasteiger partial charge in [0.15, 0.2) is 17.9 Å². The lowest BCUT2D eigenvalue weighted by atomic mass is 10.0. The van der Waals surface area contributed by atoms with Crippen LogP contribution in [0.4, 0.5) is 5.95 Å². The molecule has 0 unspecified atom stereocenters. The third-order valence-corrected chi connectivity index (χ3v) is 3.69. The van der Waals surface area contributed by atoms with Crippen molar-refractivity contribution in [1.29, 1.82) is 0 Å². The van der Waals surface area contributed by atoms with Crippen LogP contribution in [0.3, 0.4) is 0 Å². The number of fused-ring (bicyclic) bond motifs is 1. The Morgan fingerprint density at radius 1 is 1.57 bits per heavy atom. The molecule has 0 saturated heterocycles. The standard InChI is InChI=1S/C13H15N6O2/c1-9-4-3-5-17(2)10(9)6-11-12(19(20)21)7-14-13-15-8-16-18(11)13/h3-5,7-8,11H,6H2,1-2H3,(H,14,15,16)/q+1/t11-/m1/s1. The molecule has 21 heavy (non-hydrogen) atoms. The van der Waals surface area contributed by atoms with Crippen molar-refractivity contribution in [3.05, 3.63) is 57.9 Å². The smallest absolute Gasteiger partial charge is 0.287 e. The van der Waals surface area contributed by atoms with Gasteiger partial charge in [0.2, 0.25) is 5.95 Å². The molecule has 1 atom stereocenters. The number of anilines is 1. The first kappa shape index (κ1) is 13.2. The molecule has 0 amide bonds. The first-order valence-corrected chi connectivity index (χ1v) is 6.52. The van der Waals surface area contributed by atoms with E-state index in [1.54, 1.807) is 4.68 Å². The third kappa shape index (κ3) is 2.24. The second-order valence-corrected chi connectivity index (χ2v) is 4.97. The summed E-state index contributed by atoms with van der Waals surface area (Å²) in [7, 11) is 1.93. The quantitative estimate of drug-likeness (QED) is 0.511. The lowest BCUT2D eigenvalue weighted by Crippen LogP contribution is -2.37. The van der Waals surface area contributed by atoms with Crippen molar-refractivity contribution < 1.29 is 9.49 Å². The Balaban J connectivity index is 2.04. The van der Waals surface area contributed by atoms with Gasteiger partial charge in [0.1, 0.15) is 13.4 Å². The molecule has 0 aliphatic carbocycles. The maximum atomic E-state index is 11.3. The molecule has 3 rings (SSSR count). The number of nitro groups is 1. The van der Waals surface area contributed by atoms with E-state index in [0.29, 0.717) is 12.4 Å². The van der Waals surface area contributed by atoms with E-state index in [0.717, 1.165) is 11.3 Å². The van der Waals surface area contributed by atoms with Crippen molar-refractivity contribution >= 4 is 5.95 Å². The number of nitrogens with one attached hydrogen (secondary N) is 1. The Labute approximate surface area is 120 Å². The van der Waals surface area contributed by atoms with Gasteiger partial charge in [-0.1, -0.05) is 0 Å². The first-order chi connectivity index (χ1) is 10.1. The minimum Gasteiger partial charge on any atom is -0.325 e. The molecule has 108 valence electrons. The summed E-state index contributed by atoms with van der Waals surface area (Å²) in [6.45, 7) is 1.99. The Bertz CT molecular complexity index is 716. The van der Waals surface area contributed by atoms with E-state index in [4.69, 9.17) is 0 Å². The molecule has 0 radical (unpaired) electrons. The first-order valence-electron chi connectivity index (χ1n) is 6.52. The molecular formula is C13H15N6O2+. The molecule has 3 heterocycles. The number of hydrogen-bond acceptors (Lipinski definition) is 5. The zero-order valence-corrected chi connectivity index (χ0v) is 11.7. The lowest BCUT2D eigenvalue weighted by molar-refractivity contribution is -0.679. The van der Waals surface area contributed by atoms with Crippen molar-refractivity contribution in [2.45, 2.75) is 19.4 Å². The fourth-order valence-corrected chi connectivity index (χ4v) is 2.58. The highest BCUT2D eigenvalue weighted by molar-refractivity contribution is 5.35. The second-order valence-electron chi connectivity index (χ2n) is 4.97. The summed E-state index contributed by atoms with van der Waals surface area (Å²) in [6.07, 6.45) is 5.20. The number of allylic oxidation sites excluding steroid dienone is 1. The molecular weight excluding hydrogens is 272 g/mol. The fourth-order valence-electron chi connectivity index (χ4n) is 2.58. The van der Waals surface area contributed by atoms with E-state index in [2.05, 4.69) is 15.4 Å². The Hall–Kier alpha value is -2.77. The normalized spacial score (nSPS) is 16.9. The predicted molar refractivity (Wildman–Crippen MR) is 73.8 cm³/mol. The van der Waals surface area contributed by atoms with Gasteiger partial charge in [0.05, 0.1) is 17.5 Å². The van der Waals surface area contributed by atoms with Gasteiger partial charge in [0.25, 0.3) is 5.70 Å². The monoisotopic (exact) mass is 287 g/mol. The molecule has 0 spiro atoms. The zero-order chi connectivity index (χ0) is 15.0. The summed E-state index contributed by atoms with van der Waals surface area (Å²) < 4.78 is 3.54. The van der Waals surface area contributed by atoms with Crippen molar-refractivity contribution in [3.63, 3.8) is 0 Å². The molecule has 0 saturated carbocycles. The van der Waals surface area contributed by atoms with Gasteiger partial charge in [-0.25, -0.2) is 9.25 Å². The molecule has 8 nitrogen and oxygen atoms in total. The van der Waals surface area contributed by atoms with Crippen LogP contribution in [0.25, 0.3) is 0 Å². The molecule has 1 aliphatic heterocycles. The van der Waals surface area contributed by atoms with Crippen molar-refractivity contribution in [1.82, 2.24) is 14.8 Å². The minimum absolute atomic E-state index is 0.0799. The molecule has 1 N–H and O–H groups in total. The molecule has 8 heteroatoms. The van der Waals surface area contributed by atoms with E-state index in [-0.39, 0.29) is 10.6 Å². The van der Waals surface area contributed by atoms with Gasteiger partial charge in [-0.3, -0.25) is 10.1 Å². The summed E-state index contributed by atoms with van der Waals surface area (Å²) in [6, 6.07) is 3.46. The number of rotatable bonds is 3. The SMILES string of the molecule is Cc1ccc[n+](C)c1C[C@@H]1C([N+](=O)[O-])=CNc2ncnn21. The summed E-state index contributed by atoms with van der Waals surface area (Å²) in [4.78, 5) is 15.0. The van der Waals surface area contributed by atoms with Crippen LogP contribution in [-0.2, 0) is 13.5 Å². The van der Waals surface area contributed by atoms with Crippen LogP contribution < -0.4 is 9.88 Å². The number of aryl methyl sites for hydroxylation is 2. The van der Waals surface area contributed by atoms with E-state index in [1.165, 1.54) is 12.5 Å². The third-order valence-electron chi connectivity index (χ3n) is 3.69. The fraction of sp³-hybridized carbons (Fsp3) is 0.308.